The maximum atomic E-state index is 5.63. The molecular weight excluding hydrogens is 207 g/mol. The van der Waals surface area contributed by atoms with E-state index in [1.54, 1.807) is 7.11 Å². The van der Waals surface area contributed by atoms with E-state index in [0.717, 1.165) is 0 Å². The van der Waals surface area contributed by atoms with E-state index in [1.807, 2.05) is 0 Å². The van der Waals surface area contributed by atoms with Gasteiger partial charge in [-0.15, -0.1) is 0 Å². The summed E-state index contributed by atoms with van der Waals surface area (Å²) in [5.41, 5.74) is 4.94. The van der Waals surface area contributed by atoms with E-state index < -0.39 is 0 Å². The molecule has 0 unspecified atom stereocenters. The molecule has 0 fully saturated rings. The highest BCUT2D eigenvalue weighted by atomic mass is 16.4. The summed E-state index contributed by atoms with van der Waals surface area (Å²) in [7, 11) is 1.76. The SMILES string of the molecule is COB(c1cccc(C)c1)c1cccc(C)c1. The Morgan fingerprint density at radius 2 is 1.29 bits per heavy atom. The smallest absolute Gasteiger partial charge is 0.361 e. The molecule has 0 saturated heterocycles. The van der Waals surface area contributed by atoms with Crippen molar-refractivity contribution in [2.45, 2.75) is 13.8 Å². The van der Waals surface area contributed by atoms with Crippen LogP contribution < -0.4 is 10.9 Å². The van der Waals surface area contributed by atoms with Crippen LogP contribution in [-0.4, -0.2) is 14.0 Å². The first kappa shape index (κ1) is 11.9. The monoisotopic (exact) mass is 224 g/mol. The lowest BCUT2D eigenvalue weighted by Gasteiger charge is -2.13. The molecule has 0 spiro atoms. The summed E-state index contributed by atoms with van der Waals surface area (Å²) in [5.74, 6) is 0. The highest BCUT2D eigenvalue weighted by Crippen LogP contribution is 1.99. The molecule has 1 nitrogen and oxygen atoms in total. The van der Waals surface area contributed by atoms with Gasteiger partial charge >= 0.3 is 6.92 Å². The molecule has 0 aliphatic carbocycles. The minimum absolute atomic E-state index is 0.0230. The predicted octanol–water partition coefficient (Wildman–Crippen LogP) is 2.06. The summed E-state index contributed by atoms with van der Waals surface area (Å²) in [5, 5.41) is 0. The Morgan fingerprint density at radius 1 is 0.824 bits per heavy atom. The lowest BCUT2D eigenvalue weighted by molar-refractivity contribution is 0.439. The molecule has 0 radical (unpaired) electrons. The number of aryl methyl sites for hydroxylation is 2. The molecule has 0 saturated carbocycles. The lowest BCUT2D eigenvalue weighted by Crippen LogP contribution is -2.44. The molecule has 0 aliphatic heterocycles. The first-order chi connectivity index (χ1) is 8.20. The van der Waals surface area contributed by atoms with Gasteiger partial charge in [0.1, 0.15) is 0 Å². The van der Waals surface area contributed by atoms with Gasteiger partial charge < -0.3 is 4.65 Å². The van der Waals surface area contributed by atoms with E-state index in [4.69, 9.17) is 4.65 Å². The average Bonchev–Trinajstić information content (AvgIpc) is 2.30. The van der Waals surface area contributed by atoms with E-state index in [0.29, 0.717) is 0 Å². The molecule has 0 N–H and O–H groups in total. The quantitative estimate of drug-likeness (QED) is 0.725. The van der Waals surface area contributed by atoms with Crippen LogP contribution in [0, 0.1) is 13.8 Å². The van der Waals surface area contributed by atoms with Gasteiger partial charge in [-0.25, -0.2) is 0 Å². The van der Waals surface area contributed by atoms with E-state index in [1.165, 1.54) is 22.1 Å². The van der Waals surface area contributed by atoms with Gasteiger partial charge in [0.05, 0.1) is 0 Å². The van der Waals surface area contributed by atoms with Crippen molar-refractivity contribution in [1.82, 2.24) is 0 Å². The van der Waals surface area contributed by atoms with Crippen LogP contribution in [-0.2, 0) is 4.65 Å². The van der Waals surface area contributed by atoms with Gasteiger partial charge in [0, 0.05) is 7.11 Å². The van der Waals surface area contributed by atoms with Crippen LogP contribution in [0.25, 0.3) is 0 Å². The summed E-state index contributed by atoms with van der Waals surface area (Å²) >= 11 is 0. The first-order valence-corrected chi connectivity index (χ1v) is 5.86. The minimum atomic E-state index is 0.0230. The van der Waals surface area contributed by atoms with E-state index >= 15 is 0 Å². The lowest BCUT2D eigenvalue weighted by atomic mass is 9.55. The Balaban J connectivity index is 2.40. The van der Waals surface area contributed by atoms with Crippen LogP contribution in [0.1, 0.15) is 11.1 Å². The fourth-order valence-corrected chi connectivity index (χ4v) is 2.13. The van der Waals surface area contributed by atoms with Crippen molar-refractivity contribution in [3.63, 3.8) is 0 Å². The van der Waals surface area contributed by atoms with Gasteiger partial charge in [0.15, 0.2) is 0 Å². The molecule has 86 valence electrons. The van der Waals surface area contributed by atoms with Gasteiger partial charge in [-0.2, -0.15) is 0 Å². The van der Waals surface area contributed by atoms with Gasteiger partial charge in [-0.1, -0.05) is 59.7 Å². The molecule has 17 heavy (non-hydrogen) atoms. The maximum Gasteiger partial charge on any atom is 0.361 e. The number of hydrogen-bond donors (Lipinski definition) is 0. The van der Waals surface area contributed by atoms with Crippen molar-refractivity contribution in [2.24, 2.45) is 0 Å². The summed E-state index contributed by atoms with van der Waals surface area (Å²) in [6.45, 7) is 4.23. The van der Waals surface area contributed by atoms with Crippen LogP contribution in [0.2, 0.25) is 0 Å². The largest absolute Gasteiger partial charge is 0.430 e. The fraction of sp³-hybridized carbons (Fsp3) is 0.200. The molecule has 0 amide bonds. The van der Waals surface area contributed by atoms with Crippen molar-refractivity contribution in [3.05, 3.63) is 59.7 Å². The molecule has 2 heteroatoms. The fourth-order valence-electron chi connectivity index (χ4n) is 2.13. The minimum Gasteiger partial charge on any atom is -0.430 e. The van der Waals surface area contributed by atoms with Crippen molar-refractivity contribution in [3.8, 4) is 0 Å². The zero-order valence-electron chi connectivity index (χ0n) is 10.6. The molecule has 2 rings (SSSR count). The third-order valence-electron chi connectivity index (χ3n) is 2.93. The summed E-state index contributed by atoms with van der Waals surface area (Å²) in [4.78, 5) is 0. The van der Waals surface area contributed by atoms with Crippen molar-refractivity contribution in [2.75, 3.05) is 7.11 Å². The summed E-state index contributed by atoms with van der Waals surface area (Å²) in [6, 6.07) is 16.9. The Bertz CT molecular complexity index is 462. The Labute approximate surface area is 104 Å². The van der Waals surface area contributed by atoms with Gasteiger partial charge in [0.2, 0.25) is 0 Å². The number of hydrogen-bond acceptors (Lipinski definition) is 1. The molecule has 0 aliphatic rings. The highest BCUT2D eigenvalue weighted by Gasteiger charge is 2.19. The van der Waals surface area contributed by atoms with Gasteiger partial charge in [0.25, 0.3) is 0 Å². The molecule has 0 bridgehead atoms. The van der Waals surface area contributed by atoms with Crippen molar-refractivity contribution in [1.29, 1.82) is 0 Å². The highest BCUT2D eigenvalue weighted by molar-refractivity contribution is 6.80. The molecule has 2 aromatic rings. The Hall–Kier alpha value is -1.54. The van der Waals surface area contributed by atoms with Crippen LogP contribution >= 0.6 is 0 Å². The third kappa shape index (κ3) is 2.77. The molecule has 0 aromatic heterocycles. The van der Waals surface area contributed by atoms with Crippen LogP contribution in [0.4, 0.5) is 0 Å². The number of benzene rings is 2. The second kappa shape index (κ2) is 5.20. The second-order valence-electron chi connectivity index (χ2n) is 4.44. The normalized spacial score (nSPS) is 10.3. The standard InChI is InChI=1S/C15H17BO/c1-12-6-4-8-14(10-12)16(17-3)15-9-5-7-13(2)11-15/h4-11H,1-3H3. The second-order valence-corrected chi connectivity index (χ2v) is 4.44. The zero-order chi connectivity index (χ0) is 12.3. The van der Waals surface area contributed by atoms with Crippen LogP contribution in [0.5, 0.6) is 0 Å². The Morgan fingerprint density at radius 3 is 1.65 bits per heavy atom. The van der Waals surface area contributed by atoms with Crippen LogP contribution in [0.3, 0.4) is 0 Å². The molecule has 0 heterocycles. The van der Waals surface area contributed by atoms with E-state index in [2.05, 4.69) is 62.4 Å². The Kier molecular flexibility index (Phi) is 3.65. The zero-order valence-corrected chi connectivity index (χ0v) is 10.6. The summed E-state index contributed by atoms with van der Waals surface area (Å²) < 4.78 is 5.63. The van der Waals surface area contributed by atoms with Crippen LogP contribution in [0.15, 0.2) is 48.5 Å². The average molecular weight is 224 g/mol. The number of rotatable bonds is 3. The van der Waals surface area contributed by atoms with E-state index in [9.17, 15) is 0 Å². The molecule has 0 atom stereocenters. The maximum absolute atomic E-state index is 5.63. The molecule has 2 aromatic carbocycles. The van der Waals surface area contributed by atoms with Crippen molar-refractivity contribution >= 4 is 17.8 Å². The summed E-state index contributed by atoms with van der Waals surface area (Å²) in [6.07, 6.45) is 0. The first-order valence-electron chi connectivity index (χ1n) is 5.86. The third-order valence-corrected chi connectivity index (χ3v) is 2.93. The predicted molar refractivity (Wildman–Crippen MR) is 74.4 cm³/mol. The van der Waals surface area contributed by atoms with E-state index in [-0.39, 0.29) is 6.92 Å². The topological polar surface area (TPSA) is 9.23 Å². The molecular formula is C15H17BO. The van der Waals surface area contributed by atoms with Crippen molar-refractivity contribution < 1.29 is 4.65 Å². The van der Waals surface area contributed by atoms with Gasteiger partial charge in [-0.05, 0) is 24.8 Å². The van der Waals surface area contributed by atoms with Gasteiger partial charge in [-0.3, -0.25) is 0 Å².